The predicted molar refractivity (Wildman–Crippen MR) is 85.0 cm³/mol. The number of carbonyl (C=O) groups is 1. The first kappa shape index (κ1) is 14.3. The van der Waals surface area contributed by atoms with Gasteiger partial charge in [-0.25, -0.2) is 14.3 Å². The summed E-state index contributed by atoms with van der Waals surface area (Å²) in [6, 6.07) is 13.5. The molecule has 1 aromatic carbocycles. The largest absolute Gasteiger partial charge is 0.336 e. The Hall–Kier alpha value is -2.69. The number of nitrogens with zero attached hydrogens (tertiary/aromatic N) is 3. The first-order valence-corrected chi connectivity index (χ1v) is 7.28. The van der Waals surface area contributed by atoms with E-state index < -0.39 is 0 Å². The van der Waals surface area contributed by atoms with Gasteiger partial charge in [0.05, 0.1) is 5.52 Å². The Morgan fingerprint density at radius 2 is 1.91 bits per heavy atom. The van der Waals surface area contributed by atoms with Crippen molar-refractivity contribution < 1.29 is 4.79 Å². The molecule has 0 atom stereocenters. The zero-order valence-electron chi connectivity index (χ0n) is 12.4. The fourth-order valence-electron chi connectivity index (χ4n) is 2.61. The second-order valence-corrected chi connectivity index (χ2v) is 5.26. The standard InChI is InChI=1S/C17H17N3O2/c1-19-16-14(10-6-12-18-16)20(17(19)22)15(21)11-5-9-13-7-3-2-4-8-13/h2-4,6-8,10,12H,5,9,11H2,1H3. The summed E-state index contributed by atoms with van der Waals surface area (Å²) in [5.41, 5.74) is 1.96. The summed E-state index contributed by atoms with van der Waals surface area (Å²) < 4.78 is 2.64. The van der Waals surface area contributed by atoms with Crippen molar-refractivity contribution in [2.45, 2.75) is 19.3 Å². The second kappa shape index (κ2) is 5.97. The van der Waals surface area contributed by atoms with Crippen LogP contribution in [0.5, 0.6) is 0 Å². The third-order valence-electron chi connectivity index (χ3n) is 3.75. The highest BCUT2D eigenvalue weighted by atomic mass is 16.2. The minimum atomic E-state index is -0.335. The molecule has 0 unspecified atom stereocenters. The van der Waals surface area contributed by atoms with Gasteiger partial charge in [-0.3, -0.25) is 9.36 Å². The van der Waals surface area contributed by atoms with Crippen molar-refractivity contribution in [2.75, 3.05) is 0 Å². The minimum Gasteiger partial charge on any atom is -0.279 e. The molecule has 0 aliphatic heterocycles. The monoisotopic (exact) mass is 295 g/mol. The highest BCUT2D eigenvalue weighted by molar-refractivity contribution is 5.88. The Morgan fingerprint density at radius 3 is 2.68 bits per heavy atom. The molecule has 0 spiro atoms. The molecule has 0 aliphatic carbocycles. The van der Waals surface area contributed by atoms with Crippen LogP contribution in [0.25, 0.3) is 11.2 Å². The number of aryl methyl sites for hydroxylation is 2. The van der Waals surface area contributed by atoms with E-state index in [-0.39, 0.29) is 11.6 Å². The van der Waals surface area contributed by atoms with E-state index in [0.717, 1.165) is 6.42 Å². The first-order valence-electron chi connectivity index (χ1n) is 7.28. The maximum absolute atomic E-state index is 12.4. The average molecular weight is 295 g/mol. The molecular formula is C17H17N3O2. The summed E-state index contributed by atoms with van der Waals surface area (Å²) >= 11 is 0. The van der Waals surface area contributed by atoms with Gasteiger partial charge in [0.2, 0.25) is 5.91 Å². The molecule has 5 heteroatoms. The predicted octanol–water partition coefficient (Wildman–Crippen LogP) is 2.40. The van der Waals surface area contributed by atoms with Crippen LogP contribution in [0.1, 0.15) is 23.2 Å². The van der Waals surface area contributed by atoms with Crippen LogP contribution in [-0.4, -0.2) is 20.0 Å². The number of hydrogen-bond acceptors (Lipinski definition) is 3. The SMILES string of the molecule is Cn1c(=O)n(C(=O)CCCc2ccccc2)c2cccnc21. The van der Waals surface area contributed by atoms with Crippen LogP contribution < -0.4 is 5.69 Å². The van der Waals surface area contributed by atoms with Crippen LogP contribution in [-0.2, 0) is 13.5 Å². The van der Waals surface area contributed by atoms with Gasteiger partial charge in [-0.05, 0) is 30.5 Å². The van der Waals surface area contributed by atoms with Crippen LogP contribution >= 0.6 is 0 Å². The van der Waals surface area contributed by atoms with Crippen molar-refractivity contribution in [2.24, 2.45) is 7.05 Å². The van der Waals surface area contributed by atoms with E-state index in [1.165, 1.54) is 14.7 Å². The summed E-state index contributed by atoms with van der Waals surface area (Å²) in [5.74, 6) is -0.181. The van der Waals surface area contributed by atoms with Gasteiger partial charge in [-0.2, -0.15) is 0 Å². The number of hydrogen-bond donors (Lipinski definition) is 0. The zero-order valence-corrected chi connectivity index (χ0v) is 12.4. The lowest BCUT2D eigenvalue weighted by Crippen LogP contribution is -2.27. The summed E-state index contributed by atoms with van der Waals surface area (Å²) in [5, 5.41) is 0. The van der Waals surface area contributed by atoms with Gasteiger partial charge in [0, 0.05) is 19.7 Å². The molecule has 2 aromatic heterocycles. The average Bonchev–Trinajstić information content (AvgIpc) is 2.80. The molecule has 0 bridgehead atoms. The molecule has 0 fully saturated rings. The first-order chi connectivity index (χ1) is 10.7. The highest BCUT2D eigenvalue weighted by Crippen LogP contribution is 2.11. The number of carbonyl (C=O) groups excluding carboxylic acids is 1. The Kier molecular flexibility index (Phi) is 3.87. The molecular weight excluding hydrogens is 278 g/mol. The smallest absolute Gasteiger partial charge is 0.279 e. The molecule has 5 nitrogen and oxygen atoms in total. The Labute approximate surface area is 127 Å². The maximum Gasteiger partial charge on any atom is 0.336 e. The molecule has 0 saturated heterocycles. The van der Waals surface area contributed by atoms with Crippen LogP contribution in [0.4, 0.5) is 0 Å². The highest BCUT2D eigenvalue weighted by Gasteiger charge is 2.16. The van der Waals surface area contributed by atoms with Crippen molar-refractivity contribution in [1.29, 1.82) is 0 Å². The van der Waals surface area contributed by atoms with E-state index in [1.807, 2.05) is 30.3 Å². The van der Waals surface area contributed by atoms with E-state index in [4.69, 9.17) is 0 Å². The van der Waals surface area contributed by atoms with E-state index in [2.05, 4.69) is 4.98 Å². The third kappa shape index (κ3) is 2.57. The summed E-state index contributed by atoms with van der Waals surface area (Å²) in [4.78, 5) is 28.8. The number of benzene rings is 1. The molecule has 0 radical (unpaired) electrons. The Balaban J connectivity index is 1.78. The van der Waals surface area contributed by atoms with Gasteiger partial charge in [0.1, 0.15) is 0 Å². The Bertz CT molecular complexity index is 862. The minimum absolute atomic E-state index is 0.181. The van der Waals surface area contributed by atoms with Crippen molar-refractivity contribution in [3.8, 4) is 0 Å². The fourth-order valence-corrected chi connectivity index (χ4v) is 2.61. The summed E-state index contributed by atoms with van der Waals surface area (Å²) in [6.07, 6.45) is 3.49. The van der Waals surface area contributed by atoms with Gasteiger partial charge in [0.25, 0.3) is 0 Å². The van der Waals surface area contributed by atoms with Gasteiger partial charge >= 0.3 is 5.69 Å². The normalized spacial score (nSPS) is 11.0. The van der Waals surface area contributed by atoms with Crippen molar-refractivity contribution in [3.63, 3.8) is 0 Å². The Morgan fingerprint density at radius 1 is 1.14 bits per heavy atom. The van der Waals surface area contributed by atoms with Crippen molar-refractivity contribution in [1.82, 2.24) is 14.1 Å². The molecule has 3 aromatic rings. The van der Waals surface area contributed by atoms with Crippen LogP contribution in [0.3, 0.4) is 0 Å². The van der Waals surface area contributed by atoms with Gasteiger partial charge in [0.15, 0.2) is 5.65 Å². The zero-order chi connectivity index (χ0) is 15.5. The third-order valence-corrected chi connectivity index (χ3v) is 3.75. The van der Waals surface area contributed by atoms with Gasteiger partial charge in [-0.1, -0.05) is 30.3 Å². The fraction of sp³-hybridized carbons (Fsp3) is 0.235. The molecule has 112 valence electrons. The van der Waals surface area contributed by atoms with Crippen molar-refractivity contribution >= 4 is 17.1 Å². The number of imidazole rings is 1. The van der Waals surface area contributed by atoms with Crippen LogP contribution in [0.2, 0.25) is 0 Å². The molecule has 0 aliphatic rings. The lowest BCUT2D eigenvalue weighted by molar-refractivity contribution is 0.0900. The summed E-state index contributed by atoms with van der Waals surface area (Å²) in [6.45, 7) is 0. The number of rotatable bonds is 4. The molecule has 0 amide bonds. The molecule has 3 rings (SSSR count). The van der Waals surface area contributed by atoms with Crippen LogP contribution in [0.15, 0.2) is 53.5 Å². The van der Waals surface area contributed by atoms with E-state index in [1.54, 1.807) is 25.4 Å². The molecule has 0 saturated carbocycles. The quantitative estimate of drug-likeness (QED) is 0.742. The van der Waals surface area contributed by atoms with Gasteiger partial charge in [-0.15, -0.1) is 0 Å². The molecule has 22 heavy (non-hydrogen) atoms. The molecule has 2 heterocycles. The van der Waals surface area contributed by atoms with E-state index in [9.17, 15) is 9.59 Å². The van der Waals surface area contributed by atoms with Gasteiger partial charge < -0.3 is 0 Å². The van der Waals surface area contributed by atoms with Crippen molar-refractivity contribution in [3.05, 3.63) is 64.7 Å². The lowest BCUT2D eigenvalue weighted by Gasteiger charge is -2.03. The number of pyridine rings is 1. The number of aromatic nitrogens is 3. The molecule has 0 N–H and O–H groups in total. The summed E-state index contributed by atoms with van der Waals surface area (Å²) in [7, 11) is 1.63. The van der Waals surface area contributed by atoms with E-state index >= 15 is 0 Å². The topological polar surface area (TPSA) is 56.9 Å². The lowest BCUT2D eigenvalue weighted by atomic mass is 10.1. The second-order valence-electron chi connectivity index (χ2n) is 5.26. The van der Waals surface area contributed by atoms with E-state index in [0.29, 0.717) is 24.0 Å². The maximum atomic E-state index is 12.4. The van der Waals surface area contributed by atoms with Crippen LogP contribution in [0, 0.1) is 0 Å². The number of fused-ring (bicyclic) bond motifs is 1.